The van der Waals surface area contributed by atoms with E-state index in [1.54, 1.807) is 0 Å². The Labute approximate surface area is 63.3 Å². The van der Waals surface area contributed by atoms with Gasteiger partial charge in [-0.3, -0.25) is 0 Å². The van der Waals surface area contributed by atoms with Crippen LogP contribution in [0.25, 0.3) is 0 Å². The third kappa shape index (κ3) is 1.31. The minimum Gasteiger partial charge on any atom is -0.493 e. The zero-order chi connectivity index (χ0) is 8.43. The lowest BCUT2D eigenvalue weighted by molar-refractivity contribution is 0.343. The first-order chi connectivity index (χ1) is 5.15. The van der Waals surface area contributed by atoms with Gasteiger partial charge in [-0.25, -0.2) is 0 Å². The van der Waals surface area contributed by atoms with Gasteiger partial charge in [0, 0.05) is 0 Å². The van der Waals surface area contributed by atoms with E-state index in [4.69, 9.17) is 10.2 Å². The fraction of sp³-hybridized carbons (Fsp3) is 0.333. The number of aromatic nitrogens is 2. The number of hydrogen-bond acceptors (Lipinski definition) is 5. The van der Waals surface area contributed by atoms with Crippen molar-refractivity contribution in [2.24, 2.45) is 0 Å². The first-order valence-electron chi connectivity index (χ1n) is 2.95. The Morgan fingerprint density at radius 1 is 1.18 bits per heavy atom. The minimum absolute atomic E-state index is 0.0504. The molecule has 5 heteroatoms. The van der Waals surface area contributed by atoms with Crippen molar-refractivity contribution in [3.05, 3.63) is 5.56 Å². The van der Waals surface area contributed by atoms with Crippen LogP contribution in [0.3, 0.4) is 0 Å². The smallest absolute Gasteiger partial charge is 0.322 e. The molecule has 0 radical (unpaired) electrons. The highest BCUT2D eigenvalue weighted by Gasteiger charge is 2.07. The molecule has 0 aromatic carbocycles. The number of nitrogens with zero attached hydrogens (tertiary/aromatic N) is 2. The van der Waals surface area contributed by atoms with E-state index >= 15 is 0 Å². The molecule has 0 aliphatic heterocycles. The van der Waals surface area contributed by atoms with Crippen molar-refractivity contribution in [3.8, 4) is 17.8 Å². The highest BCUT2D eigenvalue weighted by atomic mass is 16.5. The van der Waals surface area contributed by atoms with Gasteiger partial charge in [0.05, 0.1) is 12.7 Å². The fourth-order valence-electron chi connectivity index (χ4n) is 0.565. The van der Waals surface area contributed by atoms with Gasteiger partial charge in [-0.1, -0.05) is 0 Å². The molecular weight excluding hydrogens is 148 g/mol. The number of aromatic hydroxyl groups is 2. The molecular formula is C6H8N2O3. The van der Waals surface area contributed by atoms with Gasteiger partial charge in [0.25, 0.3) is 0 Å². The number of rotatable bonds is 1. The second-order valence-electron chi connectivity index (χ2n) is 1.98. The zero-order valence-corrected chi connectivity index (χ0v) is 6.20. The summed E-state index contributed by atoms with van der Waals surface area (Å²) in [5.74, 6) is -0.538. The van der Waals surface area contributed by atoms with E-state index in [1.165, 1.54) is 14.0 Å². The predicted octanol–water partition coefficient (Wildman–Crippen LogP) is 0.205. The molecule has 0 aliphatic carbocycles. The van der Waals surface area contributed by atoms with Gasteiger partial charge in [0.2, 0.25) is 11.8 Å². The van der Waals surface area contributed by atoms with Crippen molar-refractivity contribution in [3.63, 3.8) is 0 Å². The Bertz CT molecular complexity index is 252. The van der Waals surface area contributed by atoms with Crippen molar-refractivity contribution in [2.45, 2.75) is 6.92 Å². The Morgan fingerprint density at radius 3 is 2.00 bits per heavy atom. The lowest BCUT2D eigenvalue weighted by Crippen LogP contribution is -1.93. The number of methoxy groups -OCH3 is 1. The van der Waals surface area contributed by atoms with E-state index in [2.05, 4.69) is 14.7 Å². The molecule has 60 valence electrons. The Hall–Kier alpha value is -1.52. The van der Waals surface area contributed by atoms with Crippen LogP contribution >= 0.6 is 0 Å². The van der Waals surface area contributed by atoms with Crippen LogP contribution in [0.15, 0.2) is 0 Å². The molecule has 11 heavy (non-hydrogen) atoms. The molecule has 0 unspecified atom stereocenters. The Balaban J connectivity index is 3.21. The third-order valence-corrected chi connectivity index (χ3v) is 1.26. The summed E-state index contributed by atoms with van der Waals surface area (Å²) < 4.78 is 4.59. The maximum Gasteiger partial charge on any atom is 0.322 e. The molecule has 0 aliphatic rings. The molecule has 1 aromatic heterocycles. The molecule has 1 rings (SSSR count). The standard InChI is InChI=1S/C6H8N2O3/c1-3-4(9)7-6(11-2)8-5(3)10/h1-2H3,(H2,7,8,9,10). The second-order valence-corrected chi connectivity index (χ2v) is 1.98. The Kier molecular flexibility index (Phi) is 1.80. The predicted molar refractivity (Wildman–Crippen MR) is 36.7 cm³/mol. The third-order valence-electron chi connectivity index (χ3n) is 1.26. The quantitative estimate of drug-likeness (QED) is 0.607. The molecule has 0 fully saturated rings. The van der Waals surface area contributed by atoms with Crippen molar-refractivity contribution < 1.29 is 14.9 Å². The van der Waals surface area contributed by atoms with E-state index in [0.29, 0.717) is 0 Å². The van der Waals surface area contributed by atoms with E-state index in [1.807, 2.05) is 0 Å². The summed E-state index contributed by atoms with van der Waals surface area (Å²) >= 11 is 0. The molecule has 0 saturated carbocycles. The van der Waals surface area contributed by atoms with Gasteiger partial charge in [-0.2, -0.15) is 9.97 Å². The molecule has 1 aromatic rings. The highest BCUT2D eigenvalue weighted by Crippen LogP contribution is 2.23. The highest BCUT2D eigenvalue weighted by molar-refractivity contribution is 5.32. The van der Waals surface area contributed by atoms with Crippen LogP contribution in [0.4, 0.5) is 0 Å². The van der Waals surface area contributed by atoms with Crippen molar-refractivity contribution >= 4 is 0 Å². The van der Waals surface area contributed by atoms with Crippen molar-refractivity contribution in [1.29, 1.82) is 0 Å². The number of hydrogen-bond donors (Lipinski definition) is 2. The largest absolute Gasteiger partial charge is 0.493 e. The van der Waals surface area contributed by atoms with Gasteiger partial charge in [0.15, 0.2) is 0 Å². The SMILES string of the molecule is COc1nc(O)c(C)c(O)n1. The average Bonchev–Trinajstić information content (AvgIpc) is 1.99. The van der Waals surface area contributed by atoms with Gasteiger partial charge in [-0.05, 0) is 6.92 Å². The van der Waals surface area contributed by atoms with Crippen LogP contribution in [0.5, 0.6) is 17.8 Å². The average molecular weight is 156 g/mol. The summed E-state index contributed by atoms with van der Waals surface area (Å²) in [5, 5.41) is 18.0. The lowest BCUT2D eigenvalue weighted by atomic mass is 10.3. The van der Waals surface area contributed by atoms with E-state index in [0.717, 1.165) is 0 Å². The summed E-state index contributed by atoms with van der Waals surface area (Å²) in [6.45, 7) is 1.50. The molecule has 0 saturated heterocycles. The topological polar surface area (TPSA) is 75.5 Å². The van der Waals surface area contributed by atoms with E-state index < -0.39 is 0 Å². The maximum absolute atomic E-state index is 9.02. The van der Waals surface area contributed by atoms with E-state index in [-0.39, 0.29) is 23.3 Å². The summed E-state index contributed by atoms with van der Waals surface area (Å²) in [6, 6.07) is -0.0504. The molecule has 0 spiro atoms. The lowest BCUT2D eigenvalue weighted by Gasteiger charge is -2.01. The monoisotopic (exact) mass is 156 g/mol. The summed E-state index contributed by atoms with van der Waals surface area (Å²) in [6.07, 6.45) is 0. The zero-order valence-electron chi connectivity index (χ0n) is 6.20. The normalized spacial score (nSPS) is 9.64. The summed E-state index contributed by atoms with van der Waals surface area (Å²) in [7, 11) is 1.35. The van der Waals surface area contributed by atoms with Crippen LogP contribution in [-0.2, 0) is 0 Å². The molecule has 0 bridgehead atoms. The van der Waals surface area contributed by atoms with Gasteiger partial charge >= 0.3 is 6.01 Å². The first-order valence-corrected chi connectivity index (χ1v) is 2.95. The van der Waals surface area contributed by atoms with Crippen molar-refractivity contribution in [1.82, 2.24) is 9.97 Å². The summed E-state index contributed by atoms with van der Waals surface area (Å²) in [4.78, 5) is 7.03. The van der Waals surface area contributed by atoms with E-state index in [9.17, 15) is 0 Å². The van der Waals surface area contributed by atoms with Crippen LogP contribution in [-0.4, -0.2) is 27.3 Å². The second kappa shape index (κ2) is 2.61. The minimum atomic E-state index is -0.269. The molecule has 0 amide bonds. The van der Waals surface area contributed by atoms with Gasteiger partial charge in [-0.15, -0.1) is 0 Å². The van der Waals surface area contributed by atoms with Gasteiger partial charge < -0.3 is 14.9 Å². The Morgan fingerprint density at radius 2 is 1.64 bits per heavy atom. The molecule has 2 N–H and O–H groups in total. The van der Waals surface area contributed by atoms with Gasteiger partial charge in [0.1, 0.15) is 0 Å². The van der Waals surface area contributed by atoms with Crippen LogP contribution in [0, 0.1) is 6.92 Å². The maximum atomic E-state index is 9.02. The molecule has 0 atom stereocenters. The van der Waals surface area contributed by atoms with Crippen LogP contribution in [0.2, 0.25) is 0 Å². The van der Waals surface area contributed by atoms with Crippen LogP contribution < -0.4 is 4.74 Å². The molecule has 1 heterocycles. The fourth-order valence-corrected chi connectivity index (χ4v) is 0.565. The number of ether oxygens (including phenoxy) is 1. The summed E-state index contributed by atoms with van der Waals surface area (Å²) in [5.41, 5.74) is 0.241. The first kappa shape index (κ1) is 7.59. The molecule has 5 nitrogen and oxygen atoms in total. The van der Waals surface area contributed by atoms with Crippen LogP contribution in [0.1, 0.15) is 5.56 Å². The van der Waals surface area contributed by atoms with Crippen molar-refractivity contribution in [2.75, 3.05) is 7.11 Å².